The number of aromatic nitrogens is 1. The first-order valence-electron chi connectivity index (χ1n) is 5.85. The van der Waals surface area contributed by atoms with E-state index in [9.17, 15) is 9.18 Å². The number of rotatable bonds is 4. The van der Waals surface area contributed by atoms with Gasteiger partial charge >= 0.3 is 0 Å². The van der Waals surface area contributed by atoms with Gasteiger partial charge in [0.05, 0.1) is 6.20 Å². The molecule has 2 N–H and O–H groups in total. The van der Waals surface area contributed by atoms with Crippen LogP contribution in [0.3, 0.4) is 0 Å². The third-order valence-corrected chi connectivity index (χ3v) is 2.53. The second kappa shape index (κ2) is 6.06. The van der Waals surface area contributed by atoms with Gasteiger partial charge in [0.2, 0.25) is 0 Å². The molecule has 5 heteroatoms. The molecule has 0 unspecified atom stereocenters. The summed E-state index contributed by atoms with van der Waals surface area (Å²) in [6, 6.07) is 10.0. The summed E-state index contributed by atoms with van der Waals surface area (Å²) < 4.78 is 12.7. The average Bonchev–Trinajstić information content (AvgIpc) is 2.40. The number of carbonyl (C=O) groups is 1. The van der Waals surface area contributed by atoms with Crippen LogP contribution in [0.5, 0.6) is 0 Å². The maximum Gasteiger partial charge on any atom is 0.274 e. The Hall–Kier alpha value is -2.27. The Morgan fingerprint density at radius 3 is 2.84 bits per heavy atom. The third-order valence-electron chi connectivity index (χ3n) is 2.53. The second-order valence-electron chi connectivity index (χ2n) is 4.05. The molecule has 19 heavy (non-hydrogen) atoms. The van der Waals surface area contributed by atoms with Crippen LogP contribution in [0.1, 0.15) is 16.1 Å². The molecule has 0 saturated carbocycles. The van der Waals surface area contributed by atoms with Crippen molar-refractivity contribution < 1.29 is 9.18 Å². The first-order chi connectivity index (χ1) is 9.19. The maximum atomic E-state index is 12.7. The predicted octanol–water partition coefficient (Wildman–Crippen LogP) is 2.19. The normalized spacial score (nSPS) is 10.2. The van der Waals surface area contributed by atoms with Crippen LogP contribution in [0.15, 0.2) is 42.6 Å². The third kappa shape index (κ3) is 3.59. The molecule has 1 heterocycles. The zero-order chi connectivity index (χ0) is 13.7. The van der Waals surface area contributed by atoms with Crippen molar-refractivity contribution in [3.63, 3.8) is 0 Å². The Morgan fingerprint density at radius 2 is 2.16 bits per heavy atom. The highest BCUT2D eigenvalue weighted by molar-refractivity contribution is 6.02. The smallest absolute Gasteiger partial charge is 0.274 e. The largest absolute Gasteiger partial charge is 0.321 e. The van der Waals surface area contributed by atoms with E-state index >= 15 is 0 Å². The molecular formula is C14H14FN3O. The summed E-state index contributed by atoms with van der Waals surface area (Å²) in [4.78, 5) is 15.6. The van der Waals surface area contributed by atoms with E-state index < -0.39 is 5.82 Å². The predicted molar refractivity (Wildman–Crippen MR) is 71.4 cm³/mol. The van der Waals surface area contributed by atoms with Crippen molar-refractivity contribution in [3.05, 3.63) is 59.7 Å². The van der Waals surface area contributed by atoms with Gasteiger partial charge in [0.25, 0.3) is 5.91 Å². The Bertz CT molecular complexity index is 569. The Labute approximate surface area is 110 Å². The van der Waals surface area contributed by atoms with Gasteiger partial charge in [0.15, 0.2) is 0 Å². The van der Waals surface area contributed by atoms with Crippen molar-refractivity contribution >= 4 is 11.6 Å². The molecule has 2 aromatic rings. The summed E-state index contributed by atoms with van der Waals surface area (Å²) in [5.74, 6) is -0.825. The summed E-state index contributed by atoms with van der Waals surface area (Å²) in [7, 11) is 1.85. The number of nitrogens with zero attached hydrogens (tertiary/aromatic N) is 1. The molecule has 2 rings (SSSR count). The average molecular weight is 259 g/mol. The van der Waals surface area contributed by atoms with Gasteiger partial charge in [0, 0.05) is 12.2 Å². The number of hydrogen-bond acceptors (Lipinski definition) is 3. The zero-order valence-electron chi connectivity index (χ0n) is 10.5. The number of hydrogen-bond donors (Lipinski definition) is 2. The van der Waals surface area contributed by atoms with Crippen LogP contribution in [0.2, 0.25) is 0 Å². The summed E-state index contributed by atoms with van der Waals surface area (Å²) in [6.07, 6.45) is 1.02. The van der Waals surface area contributed by atoms with Crippen LogP contribution in [0, 0.1) is 5.82 Å². The molecule has 0 bridgehead atoms. The molecule has 0 aliphatic heterocycles. The highest BCUT2D eigenvalue weighted by Crippen LogP contribution is 2.11. The van der Waals surface area contributed by atoms with Crippen molar-refractivity contribution in [2.24, 2.45) is 0 Å². The first-order valence-corrected chi connectivity index (χ1v) is 5.85. The number of benzene rings is 1. The molecule has 0 fully saturated rings. The number of nitrogens with one attached hydrogen (secondary N) is 2. The Kier molecular flexibility index (Phi) is 4.20. The minimum atomic E-state index is -0.465. The molecule has 1 aromatic carbocycles. The highest BCUT2D eigenvalue weighted by Gasteiger charge is 2.07. The van der Waals surface area contributed by atoms with Crippen LogP contribution >= 0.6 is 0 Å². The lowest BCUT2D eigenvalue weighted by molar-refractivity contribution is 0.102. The SMILES string of the molecule is CNCc1cccc(NC(=O)c2ccc(F)cn2)c1. The standard InChI is InChI=1S/C14H14FN3O/c1-16-8-10-3-2-4-12(7-10)18-14(19)13-6-5-11(15)9-17-13/h2-7,9,16H,8H2,1H3,(H,18,19). The highest BCUT2D eigenvalue weighted by atomic mass is 19.1. The molecule has 0 spiro atoms. The number of amides is 1. The monoisotopic (exact) mass is 259 g/mol. The van der Waals surface area contributed by atoms with Gasteiger partial charge in [-0.3, -0.25) is 4.79 Å². The van der Waals surface area contributed by atoms with Crippen molar-refractivity contribution in [2.45, 2.75) is 6.54 Å². The molecule has 1 amide bonds. The number of pyridine rings is 1. The lowest BCUT2D eigenvalue weighted by atomic mass is 10.2. The number of halogens is 1. The van der Waals surface area contributed by atoms with Crippen LogP contribution < -0.4 is 10.6 Å². The molecule has 0 aliphatic carbocycles. The van der Waals surface area contributed by atoms with E-state index in [0.717, 1.165) is 18.3 Å². The van der Waals surface area contributed by atoms with Crippen LogP contribution in [0.4, 0.5) is 10.1 Å². The summed E-state index contributed by atoms with van der Waals surface area (Å²) in [5.41, 5.74) is 1.93. The van der Waals surface area contributed by atoms with Gasteiger partial charge in [0.1, 0.15) is 11.5 Å². The van der Waals surface area contributed by atoms with E-state index in [2.05, 4.69) is 15.6 Å². The van der Waals surface area contributed by atoms with Gasteiger partial charge < -0.3 is 10.6 Å². The van der Waals surface area contributed by atoms with Crippen LogP contribution in [-0.2, 0) is 6.54 Å². The summed E-state index contributed by atoms with van der Waals surface area (Å²) in [5, 5.41) is 5.76. The quantitative estimate of drug-likeness (QED) is 0.885. The minimum Gasteiger partial charge on any atom is -0.321 e. The zero-order valence-corrected chi connectivity index (χ0v) is 10.5. The molecule has 0 radical (unpaired) electrons. The van der Waals surface area contributed by atoms with Gasteiger partial charge in [-0.05, 0) is 36.9 Å². The van der Waals surface area contributed by atoms with Gasteiger partial charge in [-0.25, -0.2) is 9.37 Å². The maximum absolute atomic E-state index is 12.7. The van der Waals surface area contributed by atoms with E-state index in [-0.39, 0.29) is 11.6 Å². The minimum absolute atomic E-state index is 0.181. The molecule has 0 aliphatic rings. The van der Waals surface area contributed by atoms with Gasteiger partial charge in [-0.1, -0.05) is 12.1 Å². The molecule has 0 atom stereocenters. The van der Waals surface area contributed by atoms with E-state index in [4.69, 9.17) is 0 Å². The Balaban J connectivity index is 2.10. The lowest BCUT2D eigenvalue weighted by Crippen LogP contribution is -2.14. The topological polar surface area (TPSA) is 54.0 Å². The van der Waals surface area contributed by atoms with Gasteiger partial charge in [-0.2, -0.15) is 0 Å². The second-order valence-corrected chi connectivity index (χ2v) is 4.05. The number of carbonyl (C=O) groups excluding carboxylic acids is 1. The van der Waals surface area contributed by atoms with E-state index in [1.807, 2.05) is 25.2 Å². The molecule has 4 nitrogen and oxygen atoms in total. The molecular weight excluding hydrogens is 245 g/mol. The fraction of sp³-hybridized carbons (Fsp3) is 0.143. The fourth-order valence-electron chi connectivity index (χ4n) is 1.67. The van der Waals surface area contributed by atoms with Crippen molar-refractivity contribution in [1.82, 2.24) is 10.3 Å². The summed E-state index contributed by atoms with van der Waals surface area (Å²) in [6.45, 7) is 0.721. The number of anilines is 1. The van der Waals surface area contributed by atoms with E-state index in [1.54, 1.807) is 6.07 Å². The summed E-state index contributed by atoms with van der Waals surface area (Å²) >= 11 is 0. The van der Waals surface area contributed by atoms with Crippen molar-refractivity contribution in [1.29, 1.82) is 0 Å². The molecule has 0 saturated heterocycles. The van der Waals surface area contributed by atoms with E-state index in [0.29, 0.717) is 5.69 Å². The van der Waals surface area contributed by atoms with Crippen LogP contribution in [-0.4, -0.2) is 17.9 Å². The lowest BCUT2D eigenvalue weighted by Gasteiger charge is -2.07. The van der Waals surface area contributed by atoms with Crippen LogP contribution in [0.25, 0.3) is 0 Å². The Morgan fingerprint density at radius 1 is 1.32 bits per heavy atom. The molecule has 1 aromatic heterocycles. The van der Waals surface area contributed by atoms with Gasteiger partial charge in [-0.15, -0.1) is 0 Å². The fourth-order valence-corrected chi connectivity index (χ4v) is 1.67. The first kappa shape index (κ1) is 13.2. The van der Waals surface area contributed by atoms with E-state index in [1.165, 1.54) is 12.1 Å². The molecule has 98 valence electrons. The van der Waals surface area contributed by atoms with Crippen molar-refractivity contribution in [2.75, 3.05) is 12.4 Å². The van der Waals surface area contributed by atoms with Crippen molar-refractivity contribution in [3.8, 4) is 0 Å².